The van der Waals surface area contributed by atoms with Crippen LogP contribution in [0.1, 0.15) is 54.1 Å². The van der Waals surface area contributed by atoms with Crippen LogP contribution < -0.4 is 5.73 Å². The molecule has 0 atom stereocenters. The van der Waals surface area contributed by atoms with Crippen molar-refractivity contribution in [3.05, 3.63) is 71.4 Å². The number of carboxylic acid groups (broad SMARTS) is 1. The topological polar surface area (TPSA) is 88.6 Å². The number of halogens is 3. The molecule has 36 heavy (non-hydrogen) atoms. The molecule has 2 aromatic carbocycles. The van der Waals surface area contributed by atoms with Crippen LogP contribution in [0.4, 0.5) is 13.2 Å². The number of aromatic nitrogens is 1. The van der Waals surface area contributed by atoms with Crippen molar-refractivity contribution in [1.82, 2.24) is 9.47 Å². The number of hydrogen-bond donors (Lipinski definition) is 2. The largest absolute Gasteiger partial charge is 0.490 e. The lowest BCUT2D eigenvalue weighted by molar-refractivity contribution is -0.192. The van der Waals surface area contributed by atoms with Crippen LogP contribution in [0.5, 0.6) is 0 Å². The molecule has 1 saturated heterocycles. The van der Waals surface area contributed by atoms with Crippen molar-refractivity contribution < 1.29 is 27.9 Å². The third-order valence-corrected chi connectivity index (χ3v) is 6.26. The number of rotatable bonds is 5. The molecule has 1 amide bonds. The summed E-state index contributed by atoms with van der Waals surface area (Å²) in [4.78, 5) is 24.3. The fraction of sp³-hybridized carbons (Fsp3) is 0.407. The van der Waals surface area contributed by atoms with Crippen LogP contribution in [0, 0.1) is 5.92 Å². The van der Waals surface area contributed by atoms with Gasteiger partial charge in [0, 0.05) is 43.3 Å². The lowest BCUT2D eigenvalue weighted by atomic mass is 9.88. The number of likely N-dealkylation sites (tertiary alicyclic amines) is 1. The van der Waals surface area contributed by atoms with Crippen LogP contribution in [-0.4, -0.2) is 45.7 Å². The summed E-state index contributed by atoms with van der Waals surface area (Å²) in [6.07, 6.45) is -1.02. The van der Waals surface area contributed by atoms with Crippen molar-refractivity contribution in [2.75, 3.05) is 13.1 Å². The van der Waals surface area contributed by atoms with E-state index < -0.39 is 12.1 Å². The number of benzene rings is 2. The van der Waals surface area contributed by atoms with E-state index in [0.717, 1.165) is 48.9 Å². The van der Waals surface area contributed by atoms with Crippen molar-refractivity contribution in [3.8, 4) is 0 Å². The van der Waals surface area contributed by atoms with Gasteiger partial charge >= 0.3 is 12.1 Å². The Morgan fingerprint density at radius 3 is 2.31 bits per heavy atom. The third-order valence-electron chi connectivity index (χ3n) is 6.26. The number of carboxylic acids is 1. The predicted molar refractivity (Wildman–Crippen MR) is 133 cm³/mol. The fourth-order valence-corrected chi connectivity index (χ4v) is 4.52. The molecule has 3 aromatic rings. The molecule has 0 unspecified atom stereocenters. The molecule has 1 fully saturated rings. The van der Waals surface area contributed by atoms with Crippen LogP contribution >= 0.6 is 0 Å². The number of alkyl halides is 3. The molecule has 2 heterocycles. The third kappa shape index (κ3) is 6.66. The Kier molecular flexibility index (Phi) is 8.79. The molecule has 0 spiro atoms. The number of para-hydroxylation sites is 1. The van der Waals surface area contributed by atoms with Crippen LogP contribution in [0.3, 0.4) is 0 Å². The molecule has 9 heteroatoms. The number of hydrogen-bond acceptors (Lipinski definition) is 3. The maximum Gasteiger partial charge on any atom is 0.490 e. The molecule has 1 aliphatic heterocycles. The molecule has 0 radical (unpaired) electrons. The van der Waals surface area contributed by atoms with E-state index in [9.17, 15) is 18.0 Å². The Morgan fingerprint density at radius 2 is 1.72 bits per heavy atom. The summed E-state index contributed by atoms with van der Waals surface area (Å²) in [6.45, 7) is 7.53. The molecule has 3 N–H and O–H groups in total. The van der Waals surface area contributed by atoms with Gasteiger partial charge in [0.2, 0.25) is 0 Å². The summed E-state index contributed by atoms with van der Waals surface area (Å²) in [5, 5.41) is 8.19. The van der Waals surface area contributed by atoms with Crippen molar-refractivity contribution >= 4 is 22.8 Å². The highest BCUT2D eigenvalue weighted by atomic mass is 19.4. The van der Waals surface area contributed by atoms with Crippen LogP contribution in [0.2, 0.25) is 0 Å². The molecule has 1 aliphatic rings. The van der Waals surface area contributed by atoms with Gasteiger partial charge in [-0.05, 0) is 41.9 Å². The van der Waals surface area contributed by atoms with E-state index in [-0.39, 0.29) is 5.91 Å². The van der Waals surface area contributed by atoms with E-state index in [0.29, 0.717) is 18.4 Å². The van der Waals surface area contributed by atoms with E-state index in [1.807, 2.05) is 17.0 Å². The van der Waals surface area contributed by atoms with Gasteiger partial charge in [-0.15, -0.1) is 0 Å². The SMILES string of the molecule is CC(C)Cn1cc(C(=O)N2CCC(c3cccc(CN)c3)CC2)c2ccccc21.O=C(O)C(F)(F)F. The highest BCUT2D eigenvalue weighted by Crippen LogP contribution is 2.31. The summed E-state index contributed by atoms with van der Waals surface area (Å²) < 4.78 is 34.0. The number of nitrogens with two attached hydrogens (primary N) is 1. The number of amides is 1. The quantitative estimate of drug-likeness (QED) is 0.487. The van der Waals surface area contributed by atoms with Crippen molar-refractivity contribution in [2.24, 2.45) is 11.7 Å². The van der Waals surface area contributed by atoms with Gasteiger partial charge < -0.3 is 20.3 Å². The Balaban J connectivity index is 0.000000454. The van der Waals surface area contributed by atoms with E-state index in [1.54, 1.807) is 0 Å². The van der Waals surface area contributed by atoms with Crippen LogP contribution in [0.25, 0.3) is 10.9 Å². The lowest BCUT2D eigenvalue weighted by Gasteiger charge is -2.32. The predicted octanol–water partition coefficient (Wildman–Crippen LogP) is 5.41. The van der Waals surface area contributed by atoms with Crippen LogP contribution in [-0.2, 0) is 17.9 Å². The number of nitrogens with zero attached hydrogens (tertiary/aromatic N) is 2. The minimum Gasteiger partial charge on any atom is -0.475 e. The second kappa shape index (κ2) is 11.6. The Labute approximate surface area is 208 Å². The highest BCUT2D eigenvalue weighted by Gasteiger charge is 2.38. The van der Waals surface area contributed by atoms with Gasteiger partial charge in [-0.3, -0.25) is 4.79 Å². The number of piperidine rings is 1. The minimum atomic E-state index is -5.08. The normalized spacial score (nSPS) is 14.6. The second-order valence-corrected chi connectivity index (χ2v) is 9.42. The summed E-state index contributed by atoms with van der Waals surface area (Å²) >= 11 is 0. The number of aliphatic carboxylic acids is 1. The molecule has 0 saturated carbocycles. The summed E-state index contributed by atoms with van der Waals surface area (Å²) in [5.41, 5.74) is 10.3. The average molecular weight is 504 g/mol. The average Bonchev–Trinajstić information content (AvgIpc) is 3.21. The molecule has 4 rings (SSSR count). The lowest BCUT2D eigenvalue weighted by Crippen LogP contribution is -2.37. The number of carbonyl (C=O) groups is 2. The highest BCUT2D eigenvalue weighted by molar-refractivity contribution is 6.07. The van der Waals surface area contributed by atoms with Gasteiger partial charge in [-0.1, -0.05) is 56.3 Å². The van der Waals surface area contributed by atoms with Crippen molar-refractivity contribution in [2.45, 2.75) is 51.9 Å². The zero-order valence-corrected chi connectivity index (χ0v) is 20.5. The Morgan fingerprint density at radius 1 is 1.08 bits per heavy atom. The molecule has 0 aliphatic carbocycles. The Bertz CT molecular complexity index is 1200. The van der Waals surface area contributed by atoms with Gasteiger partial charge in [0.1, 0.15) is 0 Å². The zero-order chi connectivity index (χ0) is 26.5. The molecule has 1 aromatic heterocycles. The van der Waals surface area contributed by atoms with E-state index in [4.69, 9.17) is 15.6 Å². The summed E-state index contributed by atoms with van der Waals surface area (Å²) in [6, 6.07) is 16.9. The van der Waals surface area contributed by atoms with Gasteiger partial charge in [0.15, 0.2) is 0 Å². The number of fused-ring (bicyclic) bond motifs is 1. The van der Waals surface area contributed by atoms with Gasteiger partial charge in [0.25, 0.3) is 5.91 Å². The van der Waals surface area contributed by atoms with E-state index in [2.05, 4.69) is 61.0 Å². The molecular weight excluding hydrogens is 471 g/mol. The first-order valence-electron chi connectivity index (χ1n) is 12.0. The minimum absolute atomic E-state index is 0.165. The molecule has 6 nitrogen and oxygen atoms in total. The van der Waals surface area contributed by atoms with Gasteiger partial charge in [-0.2, -0.15) is 13.2 Å². The van der Waals surface area contributed by atoms with Crippen molar-refractivity contribution in [3.63, 3.8) is 0 Å². The van der Waals surface area contributed by atoms with Gasteiger partial charge in [-0.25, -0.2) is 4.79 Å². The van der Waals surface area contributed by atoms with Crippen molar-refractivity contribution in [1.29, 1.82) is 0 Å². The maximum absolute atomic E-state index is 13.4. The number of carbonyl (C=O) groups excluding carboxylic acids is 1. The van der Waals surface area contributed by atoms with Gasteiger partial charge in [0.05, 0.1) is 5.56 Å². The smallest absolute Gasteiger partial charge is 0.475 e. The molecular formula is C27H32F3N3O3. The first-order chi connectivity index (χ1) is 17.0. The summed E-state index contributed by atoms with van der Waals surface area (Å²) in [7, 11) is 0. The maximum atomic E-state index is 13.4. The zero-order valence-electron chi connectivity index (χ0n) is 20.5. The molecule has 194 valence electrons. The molecule has 0 bridgehead atoms. The first kappa shape index (κ1) is 27.3. The summed E-state index contributed by atoms with van der Waals surface area (Å²) in [5.74, 6) is -1.55. The standard InChI is InChI=1S/C25H31N3O.C2HF3O2/c1-18(2)16-28-17-23(22-8-3-4-9-24(22)28)25(29)27-12-10-20(11-13-27)21-7-5-6-19(14-21)15-26;3-2(4,5)1(6)7/h3-9,14,17-18,20H,10-13,15-16,26H2,1-2H3;(H,6,7). The first-order valence-corrected chi connectivity index (χ1v) is 12.0. The fourth-order valence-electron chi connectivity index (χ4n) is 4.52. The monoisotopic (exact) mass is 503 g/mol. The van der Waals surface area contributed by atoms with E-state index >= 15 is 0 Å². The Hall–Kier alpha value is -3.33. The van der Waals surface area contributed by atoms with Crippen LogP contribution in [0.15, 0.2) is 54.7 Å². The second-order valence-electron chi connectivity index (χ2n) is 9.42. The van der Waals surface area contributed by atoms with E-state index in [1.165, 1.54) is 11.1 Å².